The van der Waals surface area contributed by atoms with Crippen LogP contribution in [0.5, 0.6) is 0 Å². The molecular weight excluding hydrogens is 302 g/mol. The molecule has 1 aromatic rings. The first kappa shape index (κ1) is 14.5. The minimum Gasteiger partial charge on any atom is -0.349 e. The van der Waals surface area contributed by atoms with Gasteiger partial charge in [-0.3, -0.25) is 4.79 Å². The van der Waals surface area contributed by atoms with E-state index in [-0.39, 0.29) is 11.9 Å². The number of hydrogen-bond donors (Lipinski definition) is 1. The summed E-state index contributed by atoms with van der Waals surface area (Å²) in [6, 6.07) is 5.50. The Labute approximate surface area is 116 Å². The van der Waals surface area contributed by atoms with Crippen LogP contribution in [0.2, 0.25) is 5.02 Å². The fourth-order valence-electron chi connectivity index (χ4n) is 1.41. The van der Waals surface area contributed by atoms with Crippen LogP contribution in [0.15, 0.2) is 18.2 Å². The molecule has 0 saturated carbocycles. The van der Waals surface area contributed by atoms with Gasteiger partial charge in [0.1, 0.15) is 0 Å². The van der Waals surface area contributed by atoms with E-state index in [1.807, 2.05) is 13.8 Å². The maximum Gasteiger partial charge on any atom is 0.251 e. The molecule has 0 spiro atoms. The Bertz CT molecular complexity index is 408. The van der Waals surface area contributed by atoms with Crippen molar-refractivity contribution in [1.29, 1.82) is 0 Å². The largest absolute Gasteiger partial charge is 0.349 e. The lowest BCUT2D eigenvalue weighted by Gasteiger charge is -2.20. The number of carbonyl (C=O) groups excluding carboxylic acids is 1. The van der Waals surface area contributed by atoms with Crippen LogP contribution in [0.25, 0.3) is 0 Å². The Morgan fingerprint density at radius 1 is 1.47 bits per heavy atom. The molecule has 0 saturated heterocycles. The fourth-order valence-corrected chi connectivity index (χ4v) is 2.15. The van der Waals surface area contributed by atoms with E-state index in [1.54, 1.807) is 18.2 Å². The quantitative estimate of drug-likeness (QED) is 0.841. The van der Waals surface area contributed by atoms with Crippen LogP contribution in [-0.4, -0.2) is 17.3 Å². The number of hydrogen-bond acceptors (Lipinski definition) is 1. The predicted octanol–water partition coefficient (Wildman–Crippen LogP) is 3.80. The average molecular weight is 319 g/mol. The number of alkyl halides is 1. The van der Waals surface area contributed by atoms with Crippen molar-refractivity contribution in [3.63, 3.8) is 0 Å². The van der Waals surface area contributed by atoms with Gasteiger partial charge < -0.3 is 5.32 Å². The molecule has 0 heterocycles. The highest BCUT2D eigenvalue weighted by atomic mass is 79.9. The van der Waals surface area contributed by atoms with E-state index >= 15 is 0 Å². The summed E-state index contributed by atoms with van der Waals surface area (Å²) in [6.07, 6.45) is 0. The van der Waals surface area contributed by atoms with E-state index in [0.717, 1.165) is 10.9 Å². The third kappa shape index (κ3) is 3.71. The molecule has 0 bridgehead atoms. The molecule has 17 heavy (non-hydrogen) atoms. The first-order chi connectivity index (χ1) is 7.97. The van der Waals surface area contributed by atoms with Crippen LogP contribution in [0.1, 0.15) is 29.8 Å². The van der Waals surface area contributed by atoms with Crippen molar-refractivity contribution < 1.29 is 4.79 Å². The fraction of sp³-hybridized carbons (Fsp3) is 0.462. The lowest BCUT2D eigenvalue weighted by molar-refractivity contribution is 0.0930. The summed E-state index contributed by atoms with van der Waals surface area (Å²) >= 11 is 9.41. The van der Waals surface area contributed by atoms with Crippen molar-refractivity contribution in [1.82, 2.24) is 5.32 Å². The zero-order chi connectivity index (χ0) is 13.0. The number of nitrogens with one attached hydrogen (secondary N) is 1. The second-order valence-corrected chi connectivity index (χ2v) is 5.36. The number of carbonyl (C=O) groups is 1. The van der Waals surface area contributed by atoms with Crippen LogP contribution in [-0.2, 0) is 0 Å². The van der Waals surface area contributed by atoms with Gasteiger partial charge in [-0.25, -0.2) is 0 Å². The maximum atomic E-state index is 12.1. The Balaban J connectivity index is 2.80. The smallest absolute Gasteiger partial charge is 0.251 e. The second kappa shape index (κ2) is 6.41. The van der Waals surface area contributed by atoms with Crippen molar-refractivity contribution in [3.8, 4) is 0 Å². The van der Waals surface area contributed by atoms with Crippen LogP contribution in [0.4, 0.5) is 0 Å². The molecule has 94 valence electrons. The maximum absolute atomic E-state index is 12.1. The standard InChI is InChI=1S/C13H17BrClNO/c1-8(7-14)10(3)16-13(17)11-5-4-6-12(15)9(11)2/h4-6,8,10H,7H2,1-3H3,(H,16,17). The summed E-state index contributed by atoms with van der Waals surface area (Å²) in [6.45, 7) is 5.95. The third-order valence-electron chi connectivity index (χ3n) is 2.97. The summed E-state index contributed by atoms with van der Waals surface area (Å²) in [5, 5.41) is 4.48. The average Bonchev–Trinajstić information content (AvgIpc) is 2.31. The first-order valence-corrected chi connectivity index (χ1v) is 7.09. The molecule has 0 aliphatic rings. The lowest BCUT2D eigenvalue weighted by atomic mass is 10.0. The Morgan fingerprint density at radius 2 is 2.12 bits per heavy atom. The molecule has 1 amide bonds. The summed E-state index contributed by atoms with van der Waals surface area (Å²) in [7, 11) is 0. The Morgan fingerprint density at radius 3 is 2.71 bits per heavy atom. The van der Waals surface area contributed by atoms with Gasteiger partial charge in [-0.05, 0) is 37.5 Å². The van der Waals surface area contributed by atoms with Gasteiger partial charge in [0.15, 0.2) is 0 Å². The highest BCUT2D eigenvalue weighted by Crippen LogP contribution is 2.19. The zero-order valence-corrected chi connectivity index (χ0v) is 12.6. The van der Waals surface area contributed by atoms with Crippen molar-refractivity contribution in [2.24, 2.45) is 5.92 Å². The molecule has 2 atom stereocenters. The molecule has 2 nitrogen and oxygen atoms in total. The Hall–Kier alpha value is -0.540. The zero-order valence-electron chi connectivity index (χ0n) is 10.3. The predicted molar refractivity (Wildman–Crippen MR) is 76.1 cm³/mol. The van der Waals surface area contributed by atoms with Gasteiger partial charge in [0.25, 0.3) is 5.91 Å². The molecule has 1 aromatic carbocycles. The molecule has 2 unspecified atom stereocenters. The van der Waals surface area contributed by atoms with Gasteiger partial charge in [-0.15, -0.1) is 0 Å². The molecule has 0 aliphatic heterocycles. The van der Waals surface area contributed by atoms with Gasteiger partial charge in [-0.2, -0.15) is 0 Å². The van der Waals surface area contributed by atoms with E-state index in [2.05, 4.69) is 28.2 Å². The highest BCUT2D eigenvalue weighted by Gasteiger charge is 2.16. The van der Waals surface area contributed by atoms with Gasteiger partial charge >= 0.3 is 0 Å². The van der Waals surface area contributed by atoms with E-state index in [1.165, 1.54) is 0 Å². The van der Waals surface area contributed by atoms with Gasteiger partial charge in [0.05, 0.1) is 0 Å². The molecule has 0 aromatic heterocycles. The molecule has 0 radical (unpaired) electrons. The molecular formula is C13H17BrClNO. The minimum absolute atomic E-state index is 0.0645. The topological polar surface area (TPSA) is 29.1 Å². The molecule has 1 rings (SSSR count). The molecule has 0 aliphatic carbocycles. The van der Waals surface area contributed by atoms with Crippen LogP contribution in [0.3, 0.4) is 0 Å². The summed E-state index contributed by atoms with van der Waals surface area (Å²) in [5.41, 5.74) is 1.47. The van der Waals surface area contributed by atoms with Crippen molar-refractivity contribution in [2.45, 2.75) is 26.8 Å². The van der Waals surface area contributed by atoms with Gasteiger partial charge in [-0.1, -0.05) is 40.5 Å². The minimum atomic E-state index is -0.0645. The normalized spacial score (nSPS) is 14.2. The van der Waals surface area contributed by atoms with E-state index in [0.29, 0.717) is 16.5 Å². The summed E-state index contributed by atoms with van der Waals surface area (Å²) < 4.78 is 0. The van der Waals surface area contributed by atoms with Gasteiger partial charge in [0.2, 0.25) is 0 Å². The van der Waals surface area contributed by atoms with Crippen molar-refractivity contribution in [2.75, 3.05) is 5.33 Å². The number of halogens is 2. The monoisotopic (exact) mass is 317 g/mol. The number of amides is 1. The number of benzene rings is 1. The third-order valence-corrected chi connectivity index (χ3v) is 4.40. The van der Waals surface area contributed by atoms with Crippen LogP contribution in [0, 0.1) is 12.8 Å². The summed E-state index contributed by atoms with van der Waals surface area (Å²) in [5.74, 6) is 0.323. The molecule has 0 fully saturated rings. The summed E-state index contributed by atoms with van der Waals surface area (Å²) in [4.78, 5) is 12.1. The van der Waals surface area contributed by atoms with Gasteiger partial charge in [0, 0.05) is 22.0 Å². The molecule has 4 heteroatoms. The van der Waals surface area contributed by atoms with Crippen LogP contribution < -0.4 is 5.32 Å². The van der Waals surface area contributed by atoms with E-state index in [4.69, 9.17) is 11.6 Å². The van der Waals surface area contributed by atoms with Crippen molar-refractivity contribution in [3.05, 3.63) is 34.3 Å². The lowest BCUT2D eigenvalue weighted by Crippen LogP contribution is -2.37. The Kier molecular flexibility index (Phi) is 5.47. The van der Waals surface area contributed by atoms with E-state index < -0.39 is 0 Å². The van der Waals surface area contributed by atoms with Crippen molar-refractivity contribution >= 4 is 33.4 Å². The first-order valence-electron chi connectivity index (χ1n) is 5.59. The number of rotatable bonds is 4. The second-order valence-electron chi connectivity index (χ2n) is 4.31. The SMILES string of the molecule is Cc1c(Cl)cccc1C(=O)NC(C)C(C)CBr. The molecule has 1 N–H and O–H groups in total. The van der Waals surface area contributed by atoms with Crippen LogP contribution >= 0.6 is 27.5 Å². The van der Waals surface area contributed by atoms with E-state index in [9.17, 15) is 4.79 Å². The highest BCUT2D eigenvalue weighted by molar-refractivity contribution is 9.09.